The Morgan fingerprint density at radius 2 is 1.77 bits per heavy atom. The maximum Gasteiger partial charge on any atom is 0.324 e. The van der Waals surface area contributed by atoms with Gasteiger partial charge in [-0.3, -0.25) is 14.8 Å². The van der Waals surface area contributed by atoms with Crippen molar-refractivity contribution >= 4 is 32.8 Å². The number of hydrogen-bond acceptors (Lipinski definition) is 5. The molecule has 6 rings (SSSR count). The smallest absolute Gasteiger partial charge is 0.324 e. The number of fused-ring (bicyclic) bond motifs is 2. The van der Waals surface area contributed by atoms with E-state index in [9.17, 15) is 4.79 Å². The monoisotopic (exact) mass is 583 g/mol. The lowest BCUT2D eigenvalue weighted by Gasteiger charge is -2.37. The van der Waals surface area contributed by atoms with E-state index in [2.05, 4.69) is 79.8 Å². The Morgan fingerprint density at radius 1 is 1.05 bits per heavy atom. The lowest BCUT2D eigenvalue weighted by Crippen LogP contribution is -2.49. The predicted octanol–water partition coefficient (Wildman–Crippen LogP) is 6.12. The van der Waals surface area contributed by atoms with Gasteiger partial charge in [0.2, 0.25) is 0 Å². The lowest BCUT2D eigenvalue weighted by atomic mass is 10.0. The van der Waals surface area contributed by atoms with Crippen molar-refractivity contribution in [3.63, 3.8) is 0 Å². The Labute approximate surface area is 236 Å². The van der Waals surface area contributed by atoms with Crippen LogP contribution in [-0.4, -0.2) is 42.7 Å². The number of rotatable bonds is 7. The number of nitrogens with one attached hydrogen (secondary N) is 1. The number of ether oxygens (including phenoxy) is 1. The summed E-state index contributed by atoms with van der Waals surface area (Å²) < 4.78 is 9.05. The number of hydrogen-bond donors (Lipinski definition) is 1. The van der Waals surface area contributed by atoms with Gasteiger partial charge in [-0.1, -0.05) is 76.6 Å². The molecule has 1 aliphatic heterocycles. The molecule has 1 atom stereocenters. The van der Waals surface area contributed by atoms with Crippen molar-refractivity contribution in [2.45, 2.75) is 52.0 Å². The number of carbonyl (C=O) groups excluding carboxylic acids is 1. The van der Waals surface area contributed by atoms with E-state index in [0.29, 0.717) is 19.5 Å². The number of aromatic amines is 1. The zero-order chi connectivity index (χ0) is 26.9. The zero-order valence-electron chi connectivity index (χ0n) is 22.0. The van der Waals surface area contributed by atoms with Gasteiger partial charge in [-0.25, -0.2) is 4.98 Å². The summed E-state index contributed by atoms with van der Waals surface area (Å²) in [6, 6.07) is 26.0. The van der Waals surface area contributed by atoms with Crippen LogP contribution >= 0.6 is 15.9 Å². The van der Waals surface area contributed by atoms with Crippen LogP contribution in [0.3, 0.4) is 0 Å². The van der Waals surface area contributed by atoms with Gasteiger partial charge in [-0.05, 0) is 43.2 Å². The minimum atomic E-state index is -0.402. The van der Waals surface area contributed by atoms with Crippen molar-refractivity contribution in [1.29, 1.82) is 0 Å². The maximum absolute atomic E-state index is 13.4. The van der Waals surface area contributed by atoms with Gasteiger partial charge in [0.15, 0.2) is 5.82 Å². The summed E-state index contributed by atoms with van der Waals surface area (Å²) in [5.41, 5.74) is 5.95. The van der Waals surface area contributed by atoms with Gasteiger partial charge in [-0.2, -0.15) is 5.10 Å². The summed E-state index contributed by atoms with van der Waals surface area (Å²) >= 11 is 3.55. The topological polar surface area (TPSA) is 76.0 Å². The summed E-state index contributed by atoms with van der Waals surface area (Å²) in [4.78, 5) is 20.8. The van der Waals surface area contributed by atoms with Crippen LogP contribution in [0.15, 0.2) is 83.3 Å². The third-order valence-corrected chi connectivity index (χ3v) is 7.85. The molecular weight excluding hydrogens is 554 g/mol. The minimum Gasteiger partial charge on any atom is -0.460 e. The molecule has 198 valence electrons. The Bertz CT molecular complexity index is 1610. The summed E-state index contributed by atoms with van der Waals surface area (Å²) in [6.45, 7) is 5.78. The van der Waals surface area contributed by atoms with E-state index in [4.69, 9.17) is 9.72 Å². The molecule has 1 N–H and O–H groups in total. The number of halogens is 1. The SMILES string of the molecule is CC(C)N1Cc2c(nc(-c3n[nH]c4cc(Br)ccc34)n2Cc2ccccc2)CC1C(=O)OCc1ccccc1. The molecule has 0 spiro atoms. The van der Waals surface area contributed by atoms with Gasteiger partial charge in [0.1, 0.15) is 18.3 Å². The molecule has 3 aromatic carbocycles. The molecule has 0 amide bonds. The summed E-state index contributed by atoms with van der Waals surface area (Å²) in [7, 11) is 0. The maximum atomic E-state index is 13.4. The van der Waals surface area contributed by atoms with Crippen molar-refractivity contribution < 1.29 is 9.53 Å². The predicted molar refractivity (Wildman–Crippen MR) is 155 cm³/mol. The molecule has 0 bridgehead atoms. The normalized spacial score (nSPS) is 15.5. The van der Waals surface area contributed by atoms with Crippen LogP contribution in [0.1, 0.15) is 36.4 Å². The van der Waals surface area contributed by atoms with Crippen LogP contribution in [0, 0.1) is 0 Å². The zero-order valence-corrected chi connectivity index (χ0v) is 23.6. The molecule has 3 heterocycles. The van der Waals surface area contributed by atoms with E-state index < -0.39 is 6.04 Å². The Morgan fingerprint density at radius 3 is 2.49 bits per heavy atom. The average Bonchev–Trinajstić information content (AvgIpc) is 3.52. The first-order valence-corrected chi connectivity index (χ1v) is 14.0. The van der Waals surface area contributed by atoms with Crippen molar-refractivity contribution in [1.82, 2.24) is 24.6 Å². The van der Waals surface area contributed by atoms with Gasteiger partial charge >= 0.3 is 5.97 Å². The van der Waals surface area contributed by atoms with Crippen LogP contribution in [0.2, 0.25) is 0 Å². The number of imidazole rings is 1. The molecule has 5 aromatic rings. The molecular formula is C31H30BrN5O2. The van der Waals surface area contributed by atoms with Crippen LogP contribution < -0.4 is 0 Å². The molecule has 39 heavy (non-hydrogen) atoms. The number of aromatic nitrogens is 4. The van der Waals surface area contributed by atoms with E-state index in [0.717, 1.165) is 43.8 Å². The van der Waals surface area contributed by atoms with Gasteiger partial charge in [0.25, 0.3) is 0 Å². The summed E-state index contributed by atoms with van der Waals surface area (Å²) in [5.74, 6) is 0.590. The second-order valence-corrected chi connectivity index (χ2v) is 11.2. The van der Waals surface area contributed by atoms with Crippen molar-refractivity contribution in [2.24, 2.45) is 0 Å². The highest BCUT2D eigenvalue weighted by Crippen LogP contribution is 2.34. The first kappa shape index (κ1) is 25.5. The first-order valence-electron chi connectivity index (χ1n) is 13.2. The number of carbonyl (C=O) groups is 1. The van der Waals surface area contributed by atoms with E-state index in [1.54, 1.807) is 0 Å². The number of esters is 1. The molecule has 0 fully saturated rings. The molecule has 0 saturated carbocycles. The molecule has 7 nitrogen and oxygen atoms in total. The fraction of sp³-hybridized carbons (Fsp3) is 0.258. The van der Waals surface area contributed by atoms with Crippen LogP contribution in [0.5, 0.6) is 0 Å². The molecule has 1 aliphatic rings. The Kier molecular flexibility index (Phi) is 7.06. The van der Waals surface area contributed by atoms with Gasteiger partial charge in [0.05, 0.1) is 16.9 Å². The summed E-state index contributed by atoms with van der Waals surface area (Å²) in [5, 5.41) is 8.87. The second-order valence-electron chi connectivity index (χ2n) is 10.2. The fourth-order valence-electron chi connectivity index (χ4n) is 5.33. The lowest BCUT2D eigenvalue weighted by molar-refractivity contribution is -0.153. The molecule has 2 aromatic heterocycles. The van der Waals surface area contributed by atoms with E-state index in [1.807, 2.05) is 48.5 Å². The highest BCUT2D eigenvalue weighted by molar-refractivity contribution is 9.10. The van der Waals surface area contributed by atoms with Crippen LogP contribution in [0.4, 0.5) is 0 Å². The quantitative estimate of drug-likeness (QED) is 0.234. The number of H-pyrrole nitrogens is 1. The van der Waals surface area contributed by atoms with Crippen molar-refractivity contribution in [3.8, 4) is 11.5 Å². The Balaban J connectivity index is 1.39. The molecule has 8 heteroatoms. The van der Waals surface area contributed by atoms with Gasteiger partial charge in [-0.15, -0.1) is 0 Å². The largest absolute Gasteiger partial charge is 0.460 e. The molecule has 0 saturated heterocycles. The third kappa shape index (κ3) is 5.14. The van der Waals surface area contributed by atoms with E-state index >= 15 is 0 Å². The summed E-state index contributed by atoms with van der Waals surface area (Å²) in [6.07, 6.45) is 0.490. The Hall–Kier alpha value is -3.75. The number of nitrogens with zero attached hydrogens (tertiary/aromatic N) is 4. The molecule has 0 aliphatic carbocycles. The number of benzene rings is 3. The fourth-order valence-corrected chi connectivity index (χ4v) is 5.69. The molecule has 1 unspecified atom stereocenters. The van der Waals surface area contributed by atoms with E-state index in [1.165, 1.54) is 5.56 Å². The van der Waals surface area contributed by atoms with Crippen LogP contribution in [0.25, 0.3) is 22.4 Å². The second kappa shape index (κ2) is 10.8. The van der Waals surface area contributed by atoms with Gasteiger partial charge < -0.3 is 9.30 Å². The van der Waals surface area contributed by atoms with Crippen molar-refractivity contribution in [2.75, 3.05) is 0 Å². The van der Waals surface area contributed by atoms with Crippen LogP contribution in [-0.2, 0) is 35.6 Å². The highest BCUT2D eigenvalue weighted by atomic mass is 79.9. The van der Waals surface area contributed by atoms with Crippen molar-refractivity contribution in [3.05, 3.63) is 106 Å². The third-order valence-electron chi connectivity index (χ3n) is 7.35. The highest BCUT2D eigenvalue weighted by Gasteiger charge is 2.38. The van der Waals surface area contributed by atoms with E-state index in [-0.39, 0.29) is 18.6 Å². The average molecular weight is 585 g/mol. The molecule has 0 radical (unpaired) electrons. The standard InChI is InChI=1S/C31H30BrN5O2/c1-20(2)36-18-28-26(16-27(36)31(38)39-19-22-11-7-4-8-12-22)33-30(37(28)17-21-9-5-3-6-10-21)29-24-14-13-23(32)15-25(24)34-35-29/h3-15,20,27H,16-19H2,1-2H3,(H,34,35). The first-order chi connectivity index (χ1) is 19.0. The van der Waals surface area contributed by atoms with Gasteiger partial charge in [0, 0.05) is 35.4 Å². The minimum absolute atomic E-state index is 0.152.